The second-order valence-corrected chi connectivity index (χ2v) is 4.86. The zero-order chi connectivity index (χ0) is 15.5. The molecule has 0 radical (unpaired) electrons. The number of benzene rings is 1. The lowest BCUT2D eigenvalue weighted by Crippen LogP contribution is -2.26. The van der Waals surface area contributed by atoms with Crippen molar-refractivity contribution < 1.29 is 9.90 Å². The van der Waals surface area contributed by atoms with E-state index in [-0.39, 0.29) is 0 Å². The normalized spacial score (nSPS) is 12.0. The molecule has 0 bridgehead atoms. The molecule has 1 unspecified atom stereocenters. The third kappa shape index (κ3) is 2.71. The van der Waals surface area contributed by atoms with Crippen molar-refractivity contribution in [2.75, 3.05) is 5.32 Å². The summed E-state index contributed by atoms with van der Waals surface area (Å²) in [7, 11) is 0. The summed E-state index contributed by atoms with van der Waals surface area (Å²) in [4.78, 5) is 24.1. The van der Waals surface area contributed by atoms with Crippen LogP contribution in [0.25, 0.3) is 22.3 Å². The Balaban J connectivity index is 2.14. The van der Waals surface area contributed by atoms with Gasteiger partial charge in [0.25, 0.3) is 0 Å². The summed E-state index contributed by atoms with van der Waals surface area (Å²) in [5.41, 5.74) is 1.52. The number of fused-ring (bicyclic) bond motifs is 1. The molecule has 1 aromatic carbocycles. The van der Waals surface area contributed by atoms with Gasteiger partial charge in [0.2, 0.25) is 0 Å². The molecule has 0 amide bonds. The molecule has 2 aromatic heterocycles. The van der Waals surface area contributed by atoms with Crippen LogP contribution in [0.4, 0.5) is 5.82 Å². The van der Waals surface area contributed by atoms with Crippen LogP contribution in [-0.4, -0.2) is 32.1 Å². The Bertz CT molecular complexity index is 821. The van der Waals surface area contributed by atoms with Crippen LogP contribution in [0.3, 0.4) is 0 Å². The molecule has 6 nitrogen and oxygen atoms in total. The molecule has 6 heteroatoms. The molecule has 0 aliphatic heterocycles. The van der Waals surface area contributed by atoms with E-state index >= 15 is 0 Å². The van der Waals surface area contributed by atoms with Gasteiger partial charge in [0.15, 0.2) is 5.82 Å². The summed E-state index contributed by atoms with van der Waals surface area (Å²) in [6, 6.07) is 10.4. The minimum Gasteiger partial charge on any atom is -0.480 e. The van der Waals surface area contributed by atoms with Gasteiger partial charge in [-0.15, -0.1) is 0 Å². The molecule has 0 saturated carbocycles. The first-order chi connectivity index (χ1) is 10.6. The molecule has 2 heterocycles. The maximum Gasteiger partial charge on any atom is 0.325 e. The van der Waals surface area contributed by atoms with Crippen molar-refractivity contribution in [1.29, 1.82) is 0 Å². The van der Waals surface area contributed by atoms with Crippen LogP contribution in [0.5, 0.6) is 0 Å². The highest BCUT2D eigenvalue weighted by atomic mass is 16.4. The second kappa shape index (κ2) is 5.77. The van der Waals surface area contributed by atoms with E-state index in [0.29, 0.717) is 11.6 Å². The van der Waals surface area contributed by atoms with Crippen LogP contribution < -0.4 is 5.32 Å². The van der Waals surface area contributed by atoms with Gasteiger partial charge in [0.05, 0.1) is 5.52 Å². The Morgan fingerprint density at radius 3 is 2.73 bits per heavy atom. The topological polar surface area (TPSA) is 88.0 Å². The highest BCUT2D eigenvalue weighted by molar-refractivity contribution is 5.92. The number of rotatable bonds is 4. The average molecular weight is 294 g/mol. The maximum atomic E-state index is 11.1. The largest absolute Gasteiger partial charge is 0.480 e. The third-order valence-electron chi connectivity index (χ3n) is 3.25. The minimum absolute atomic E-state index is 0.499. The molecule has 3 rings (SSSR count). The average Bonchev–Trinajstić information content (AvgIpc) is 2.55. The molecule has 0 spiro atoms. The zero-order valence-corrected chi connectivity index (χ0v) is 11.9. The fourth-order valence-corrected chi connectivity index (χ4v) is 2.08. The van der Waals surface area contributed by atoms with E-state index in [9.17, 15) is 4.79 Å². The summed E-state index contributed by atoms with van der Waals surface area (Å²) < 4.78 is 0. The van der Waals surface area contributed by atoms with E-state index in [2.05, 4.69) is 20.3 Å². The van der Waals surface area contributed by atoms with Crippen molar-refractivity contribution >= 4 is 22.7 Å². The smallest absolute Gasteiger partial charge is 0.325 e. The lowest BCUT2D eigenvalue weighted by atomic mass is 10.2. The summed E-state index contributed by atoms with van der Waals surface area (Å²) in [5.74, 6) is 0.0665. The number of anilines is 1. The molecule has 1 atom stereocenters. The summed E-state index contributed by atoms with van der Waals surface area (Å²) in [6.07, 6.45) is 3.35. The fourth-order valence-electron chi connectivity index (χ4n) is 2.08. The number of aromatic nitrogens is 3. The van der Waals surface area contributed by atoms with Crippen LogP contribution in [0, 0.1) is 0 Å². The van der Waals surface area contributed by atoms with Crippen LogP contribution >= 0.6 is 0 Å². The molecule has 22 heavy (non-hydrogen) atoms. The highest BCUT2D eigenvalue weighted by Gasteiger charge is 2.15. The number of hydrogen-bond acceptors (Lipinski definition) is 5. The van der Waals surface area contributed by atoms with E-state index < -0.39 is 12.0 Å². The lowest BCUT2D eigenvalue weighted by Gasteiger charge is -2.13. The zero-order valence-electron chi connectivity index (χ0n) is 11.9. The van der Waals surface area contributed by atoms with Crippen molar-refractivity contribution in [3.63, 3.8) is 0 Å². The number of hydrogen-bond donors (Lipinski definition) is 2. The van der Waals surface area contributed by atoms with Gasteiger partial charge in [0, 0.05) is 23.3 Å². The monoisotopic (exact) mass is 294 g/mol. The Labute approximate surface area is 126 Å². The van der Waals surface area contributed by atoms with Gasteiger partial charge in [-0.25, -0.2) is 9.97 Å². The van der Waals surface area contributed by atoms with Gasteiger partial charge < -0.3 is 10.4 Å². The molecule has 3 aromatic rings. The Hall–Kier alpha value is -3.02. The number of carboxylic acid groups (broad SMARTS) is 1. The van der Waals surface area contributed by atoms with Gasteiger partial charge in [-0.05, 0) is 31.2 Å². The van der Waals surface area contributed by atoms with Crippen molar-refractivity contribution in [1.82, 2.24) is 15.0 Å². The minimum atomic E-state index is -0.939. The van der Waals surface area contributed by atoms with E-state index in [1.165, 1.54) is 0 Å². The van der Waals surface area contributed by atoms with E-state index in [1.54, 1.807) is 25.4 Å². The SMILES string of the molecule is CC(Nc1nc(-c2cccnc2)nc2ccccc12)C(=O)O. The predicted molar refractivity (Wildman–Crippen MR) is 83.5 cm³/mol. The van der Waals surface area contributed by atoms with Crippen molar-refractivity contribution in [3.8, 4) is 11.4 Å². The van der Waals surface area contributed by atoms with Crippen molar-refractivity contribution in [2.24, 2.45) is 0 Å². The van der Waals surface area contributed by atoms with Gasteiger partial charge in [-0.1, -0.05) is 12.1 Å². The number of carbonyl (C=O) groups is 1. The van der Waals surface area contributed by atoms with Gasteiger partial charge in [-0.3, -0.25) is 9.78 Å². The van der Waals surface area contributed by atoms with E-state index in [0.717, 1.165) is 16.5 Å². The van der Waals surface area contributed by atoms with Crippen molar-refractivity contribution in [3.05, 3.63) is 48.8 Å². The Morgan fingerprint density at radius 2 is 2.00 bits per heavy atom. The standard InChI is InChI=1S/C16H14N4O2/c1-10(16(21)22)18-15-12-6-2-3-7-13(12)19-14(20-15)11-5-4-8-17-9-11/h2-10H,1H3,(H,21,22)(H,18,19,20). The van der Waals surface area contributed by atoms with E-state index in [4.69, 9.17) is 5.11 Å². The molecule has 110 valence electrons. The van der Waals surface area contributed by atoms with Crippen LogP contribution in [0.2, 0.25) is 0 Å². The molecule has 0 aliphatic carbocycles. The number of aliphatic carboxylic acids is 1. The van der Waals surface area contributed by atoms with Gasteiger partial charge in [0.1, 0.15) is 11.9 Å². The number of pyridine rings is 1. The van der Waals surface area contributed by atoms with Crippen molar-refractivity contribution in [2.45, 2.75) is 13.0 Å². The van der Waals surface area contributed by atoms with Crippen LogP contribution in [0.15, 0.2) is 48.8 Å². The Kier molecular flexibility index (Phi) is 3.65. The van der Waals surface area contributed by atoms with Gasteiger partial charge in [-0.2, -0.15) is 0 Å². The highest BCUT2D eigenvalue weighted by Crippen LogP contribution is 2.24. The first kappa shape index (κ1) is 13.9. The molecule has 2 N–H and O–H groups in total. The molecule has 0 fully saturated rings. The first-order valence-electron chi connectivity index (χ1n) is 6.81. The summed E-state index contributed by atoms with van der Waals surface area (Å²) in [5, 5.41) is 12.8. The van der Waals surface area contributed by atoms with Crippen LogP contribution in [0.1, 0.15) is 6.92 Å². The van der Waals surface area contributed by atoms with E-state index in [1.807, 2.05) is 30.3 Å². The maximum absolute atomic E-state index is 11.1. The summed E-state index contributed by atoms with van der Waals surface area (Å²) in [6.45, 7) is 1.57. The number of nitrogens with one attached hydrogen (secondary N) is 1. The molecular weight excluding hydrogens is 280 g/mol. The molecule has 0 saturated heterocycles. The summed E-state index contributed by atoms with van der Waals surface area (Å²) >= 11 is 0. The molecular formula is C16H14N4O2. The predicted octanol–water partition coefficient (Wildman–Crippen LogP) is 2.58. The van der Waals surface area contributed by atoms with Gasteiger partial charge >= 0.3 is 5.97 Å². The first-order valence-corrected chi connectivity index (χ1v) is 6.81. The Morgan fingerprint density at radius 1 is 1.18 bits per heavy atom. The quantitative estimate of drug-likeness (QED) is 0.769. The lowest BCUT2D eigenvalue weighted by molar-refractivity contribution is -0.137. The fraction of sp³-hybridized carbons (Fsp3) is 0.125. The molecule has 0 aliphatic rings. The number of nitrogens with zero attached hydrogens (tertiary/aromatic N) is 3. The number of para-hydroxylation sites is 1. The second-order valence-electron chi connectivity index (χ2n) is 4.86. The number of carboxylic acids is 1. The third-order valence-corrected chi connectivity index (χ3v) is 3.25. The van der Waals surface area contributed by atoms with Crippen LogP contribution in [-0.2, 0) is 4.79 Å².